The number of pyridine rings is 1. The summed E-state index contributed by atoms with van der Waals surface area (Å²) in [7, 11) is 0. The van der Waals surface area contributed by atoms with E-state index in [0.717, 1.165) is 15.2 Å². The van der Waals surface area contributed by atoms with Gasteiger partial charge in [-0.25, -0.2) is 4.98 Å². The molecule has 5 nitrogen and oxygen atoms in total. The summed E-state index contributed by atoms with van der Waals surface area (Å²) in [6.45, 7) is 2.44. The summed E-state index contributed by atoms with van der Waals surface area (Å²) < 4.78 is 1.13. The lowest BCUT2D eigenvalue weighted by atomic mass is 10.2. The third-order valence-corrected chi connectivity index (χ3v) is 4.63. The topological polar surface area (TPSA) is 74.8 Å². The van der Waals surface area contributed by atoms with Gasteiger partial charge < -0.3 is 10.3 Å². The van der Waals surface area contributed by atoms with E-state index >= 15 is 0 Å². The van der Waals surface area contributed by atoms with Gasteiger partial charge in [0.1, 0.15) is 5.56 Å². The molecule has 3 aromatic rings. The molecular weight excluding hydrogens is 298 g/mol. The first kappa shape index (κ1) is 14.5. The van der Waals surface area contributed by atoms with Gasteiger partial charge >= 0.3 is 0 Å². The van der Waals surface area contributed by atoms with E-state index < -0.39 is 0 Å². The Hall–Kier alpha value is -2.47. The van der Waals surface area contributed by atoms with Gasteiger partial charge in [-0.15, -0.1) is 11.3 Å². The third-order valence-electron chi connectivity index (χ3n) is 3.36. The quantitative estimate of drug-likeness (QED) is 0.777. The van der Waals surface area contributed by atoms with Crippen molar-refractivity contribution >= 4 is 27.5 Å². The number of rotatable bonds is 4. The van der Waals surface area contributed by atoms with E-state index in [-0.39, 0.29) is 22.9 Å². The molecular formula is C16H15N3O2S. The number of nitrogens with zero attached hydrogens (tertiary/aromatic N) is 1. The molecule has 2 N–H and O–H groups in total. The Morgan fingerprint density at radius 1 is 1.32 bits per heavy atom. The number of para-hydroxylation sites is 1. The Balaban J connectivity index is 1.69. The number of hydrogen-bond donors (Lipinski definition) is 2. The zero-order chi connectivity index (χ0) is 15.5. The fourth-order valence-electron chi connectivity index (χ4n) is 2.13. The molecule has 0 fully saturated rings. The van der Waals surface area contributed by atoms with Crippen molar-refractivity contribution < 1.29 is 4.79 Å². The second-order valence-corrected chi connectivity index (χ2v) is 6.11. The van der Waals surface area contributed by atoms with E-state index in [0.29, 0.717) is 6.54 Å². The van der Waals surface area contributed by atoms with Gasteiger partial charge in [0.2, 0.25) is 0 Å². The Labute approximate surface area is 131 Å². The van der Waals surface area contributed by atoms with Crippen LogP contribution in [0.4, 0.5) is 0 Å². The predicted octanol–water partition coefficient (Wildman–Crippen LogP) is 2.52. The Morgan fingerprint density at radius 2 is 2.14 bits per heavy atom. The van der Waals surface area contributed by atoms with Crippen LogP contribution in [-0.4, -0.2) is 22.4 Å². The summed E-state index contributed by atoms with van der Waals surface area (Å²) in [4.78, 5) is 30.7. The molecule has 2 heterocycles. The van der Waals surface area contributed by atoms with Crippen molar-refractivity contribution in [3.05, 3.63) is 63.5 Å². The van der Waals surface area contributed by atoms with Crippen LogP contribution in [0.5, 0.6) is 0 Å². The number of nitrogens with one attached hydrogen (secondary N) is 2. The lowest BCUT2D eigenvalue weighted by Crippen LogP contribution is -2.31. The summed E-state index contributed by atoms with van der Waals surface area (Å²) in [5.41, 5.74) is 0.715. The normalized spacial score (nSPS) is 12.2. The first-order valence-electron chi connectivity index (χ1n) is 6.96. The van der Waals surface area contributed by atoms with Gasteiger partial charge in [-0.3, -0.25) is 9.59 Å². The Morgan fingerprint density at radius 3 is 2.91 bits per heavy atom. The number of benzene rings is 1. The molecule has 0 radical (unpaired) electrons. The molecule has 22 heavy (non-hydrogen) atoms. The van der Waals surface area contributed by atoms with Crippen LogP contribution in [0, 0.1) is 0 Å². The zero-order valence-electron chi connectivity index (χ0n) is 12.0. The summed E-state index contributed by atoms with van der Waals surface area (Å²) in [5, 5.41) is 3.77. The van der Waals surface area contributed by atoms with E-state index in [1.165, 1.54) is 12.3 Å². The average Bonchev–Trinajstić information content (AvgIpc) is 2.97. The maximum absolute atomic E-state index is 12.0. The number of fused-ring (bicyclic) bond motifs is 1. The van der Waals surface area contributed by atoms with Gasteiger partial charge in [-0.05, 0) is 24.3 Å². The van der Waals surface area contributed by atoms with Crippen molar-refractivity contribution in [2.45, 2.75) is 12.8 Å². The van der Waals surface area contributed by atoms with E-state index in [1.807, 2.05) is 31.2 Å². The number of hydrogen-bond acceptors (Lipinski definition) is 4. The van der Waals surface area contributed by atoms with Crippen molar-refractivity contribution in [2.24, 2.45) is 0 Å². The lowest BCUT2D eigenvalue weighted by molar-refractivity contribution is 0.0950. The minimum Gasteiger partial charge on any atom is -0.351 e. The van der Waals surface area contributed by atoms with Gasteiger partial charge in [0.25, 0.3) is 11.5 Å². The molecule has 2 aromatic heterocycles. The van der Waals surface area contributed by atoms with Crippen LogP contribution < -0.4 is 10.9 Å². The molecule has 1 atom stereocenters. The highest BCUT2D eigenvalue weighted by atomic mass is 32.1. The molecule has 0 spiro atoms. The highest BCUT2D eigenvalue weighted by Gasteiger charge is 2.14. The largest absolute Gasteiger partial charge is 0.351 e. The van der Waals surface area contributed by atoms with E-state index in [1.54, 1.807) is 17.4 Å². The molecule has 112 valence electrons. The molecule has 1 amide bonds. The number of amides is 1. The fraction of sp³-hybridized carbons (Fsp3) is 0.188. The fourth-order valence-corrected chi connectivity index (χ4v) is 3.15. The molecule has 1 unspecified atom stereocenters. The van der Waals surface area contributed by atoms with E-state index in [9.17, 15) is 9.59 Å². The minimum atomic E-state index is -0.382. The number of H-pyrrole nitrogens is 1. The first-order chi connectivity index (χ1) is 10.6. The minimum absolute atomic E-state index is 0.0872. The Kier molecular flexibility index (Phi) is 4.02. The van der Waals surface area contributed by atoms with Crippen molar-refractivity contribution in [2.75, 3.05) is 6.54 Å². The van der Waals surface area contributed by atoms with Gasteiger partial charge in [-0.2, -0.15) is 0 Å². The van der Waals surface area contributed by atoms with Crippen LogP contribution in [-0.2, 0) is 0 Å². The molecule has 0 aliphatic rings. The second-order valence-electron chi connectivity index (χ2n) is 5.04. The van der Waals surface area contributed by atoms with E-state index in [2.05, 4.69) is 15.3 Å². The number of aromatic amines is 1. The maximum atomic E-state index is 12.0. The van der Waals surface area contributed by atoms with E-state index in [4.69, 9.17) is 0 Å². The summed E-state index contributed by atoms with van der Waals surface area (Å²) in [5.74, 6) is -0.279. The average molecular weight is 313 g/mol. The standard InChI is InChI=1S/C16H15N3O2S/c1-10(16-19-12-6-2-3-7-13(12)22-16)9-18-15(21)11-5-4-8-17-14(11)20/h2-8,10H,9H2,1H3,(H,17,20)(H,18,21). The van der Waals surface area contributed by atoms with Gasteiger partial charge in [-0.1, -0.05) is 19.1 Å². The van der Waals surface area contributed by atoms with Gasteiger partial charge in [0, 0.05) is 18.7 Å². The summed E-state index contributed by atoms with van der Waals surface area (Å²) in [6, 6.07) is 11.1. The van der Waals surface area contributed by atoms with Crippen LogP contribution in [0.15, 0.2) is 47.4 Å². The monoisotopic (exact) mass is 313 g/mol. The molecule has 0 aliphatic heterocycles. The Bertz CT molecular complexity index is 836. The molecule has 0 bridgehead atoms. The smallest absolute Gasteiger partial charge is 0.260 e. The molecule has 3 rings (SSSR count). The van der Waals surface area contributed by atoms with Crippen LogP contribution in [0.1, 0.15) is 28.2 Å². The molecule has 1 aromatic carbocycles. The third kappa shape index (κ3) is 2.92. The van der Waals surface area contributed by atoms with Crippen molar-refractivity contribution in [1.82, 2.24) is 15.3 Å². The van der Waals surface area contributed by atoms with Crippen molar-refractivity contribution in [3.63, 3.8) is 0 Å². The van der Waals surface area contributed by atoms with Gasteiger partial charge in [0.15, 0.2) is 0 Å². The first-order valence-corrected chi connectivity index (χ1v) is 7.78. The zero-order valence-corrected chi connectivity index (χ0v) is 12.8. The van der Waals surface area contributed by atoms with Crippen LogP contribution in [0.25, 0.3) is 10.2 Å². The van der Waals surface area contributed by atoms with Crippen molar-refractivity contribution in [1.29, 1.82) is 0 Å². The number of thiazole rings is 1. The predicted molar refractivity (Wildman–Crippen MR) is 87.4 cm³/mol. The molecule has 0 saturated carbocycles. The van der Waals surface area contributed by atoms with Crippen LogP contribution >= 0.6 is 11.3 Å². The summed E-state index contributed by atoms with van der Waals surface area (Å²) in [6.07, 6.45) is 1.50. The molecule has 0 saturated heterocycles. The number of aromatic nitrogens is 2. The second kappa shape index (κ2) is 6.11. The van der Waals surface area contributed by atoms with Crippen LogP contribution in [0.2, 0.25) is 0 Å². The highest BCUT2D eigenvalue weighted by molar-refractivity contribution is 7.18. The van der Waals surface area contributed by atoms with Crippen molar-refractivity contribution in [3.8, 4) is 0 Å². The SMILES string of the molecule is CC(CNC(=O)c1ccc[nH]c1=O)c1nc2ccccc2s1. The molecule has 6 heteroatoms. The van der Waals surface area contributed by atoms with Crippen LogP contribution in [0.3, 0.4) is 0 Å². The number of carbonyl (C=O) groups excluding carboxylic acids is 1. The highest BCUT2D eigenvalue weighted by Crippen LogP contribution is 2.26. The van der Waals surface area contributed by atoms with Gasteiger partial charge in [0.05, 0.1) is 15.2 Å². The summed E-state index contributed by atoms with van der Waals surface area (Å²) >= 11 is 1.63. The number of carbonyl (C=O) groups is 1. The molecule has 0 aliphatic carbocycles. The maximum Gasteiger partial charge on any atom is 0.260 e. The lowest BCUT2D eigenvalue weighted by Gasteiger charge is -2.09.